The van der Waals surface area contributed by atoms with E-state index in [4.69, 9.17) is 5.73 Å². The summed E-state index contributed by atoms with van der Waals surface area (Å²) in [5, 5.41) is 0. The van der Waals surface area contributed by atoms with Crippen LogP contribution in [0.3, 0.4) is 0 Å². The third-order valence-electron chi connectivity index (χ3n) is 1.92. The molecule has 0 atom stereocenters. The monoisotopic (exact) mass is 217 g/mol. The maximum absolute atomic E-state index is 13.7. The van der Waals surface area contributed by atoms with Crippen molar-refractivity contribution in [2.45, 2.75) is 24.3 Å². The van der Waals surface area contributed by atoms with Crippen LogP contribution in [0.4, 0.5) is 8.78 Å². The molecule has 0 saturated heterocycles. The standard InChI is InChI=1S/C10H13F2NS/c1-10(2,13)8-6(11)4-5-7(14-3)9(8)12/h4-5H,13H2,1-3H3. The second-order valence-corrected chi connectivity index (χ2v) is 4.51. The van der Waals surface area contributed by atoms with Gasteiger partial charge in [0.25, 0.3) is 0 Å². The molecule has 78 valence electrons. The highest BCUT2D eigenvalue weighted by atomic mass is 32.2. The average molecular weight is 217 g/mol. The van der Waals surface area contributed by atoms with Crippen LogP contribution < -0.4 is 5.73 Å². The number of hydrogen-bond acceptors (Lipinski definition) is 2. The third-order valence-corrected chi connectivity index (χ3v) is 2.68. The first-order valence-corrected chi connectivity index (χ1v) is 5.41. The van der Waals surface area contributed by atoms with Crippen LogP contribution >= 0.6 is 11.8 Å². The first kappa shape index (κ1) is 11.5. The molecule has 14 heavy (non-hydrogen) atoms. The molecule has 0 unspecified atom stereocenters. The Labute approximate surface area is 86.7 Å². The molecule has 1 aromatic rings. The van der Waals surface area contributed by atoms with Crippen molar-refractivity contribution in [3.8, 4) is 0 Å². The number of hydrogen-bond donors (Lipinski definition) is 1. The maximum Gasteiger partial charge on any atom is 0.144 e. The minimum absolute atomic E-state index is 0.0515. The summed E-state index contributed by atoms with van der Waals surface area (Å²) in [6.07, 6.45) is 1.74. The Morgan fingerprint density at radius 2 is 1.86 bits per heavy atom. The Balaban J connectivity index is 3.40. The third kappa shape index (κ3) is 2.07. The van der Waals surface area contributed by atoms with Crippen LogP contribution in [0.25, 0.3) is 0 Å². The zero-order valence-corrected chi connectivity index (χ0v) is 9.21. The van der Waals surface area contributed by atoms with Gasteiger partial charge in [-0.05, 0) is 32.2 Å². The average Bonchev–Trinajstić information content (AvgIpc) is 2.02. The first-order valence-electron chi connectivity index (χ1n) is 4.19. The van der Waals surface area contributed by atoms with Crippen molar-refractivity contribution >= 4 is 11.8 Å². The van der Waals surface area contributed by atoms with Crippen LogP contribution in [0.1, 0.15) is 19.4 Å². The Morgan fingerprint density at radius 3 is 2.29 bits per heavy atom. The summed E-state index contributed by atoms with van der Waals surface area (Å²) in [6.45, 7) is 3.16. The molecule has 1 aromatic carbocycles. The van der Waals surface area contributed by atoms with Crippen molar-refractivity contribution in [3.05, 3.63) is 29.3 Å². The molecule has 4 heteroatoms. The topological polar surface area (TPSA) is 26.0 Å². The Kier molecular flexibility index (Phi) is 3.17. The van der Waals surface area contributed by atoms with Gasteiger partial charge in [-0.25, -0.2) is 8.78 Å². The van der Waals surface area contributed by atoms with Gasteiger partial charge in [-0.1, -0.05) is 0 Å². The summed E-state index contributed by atoms with van der Waals surface area (Å²) >= 11 is 1.24. The van der Waals surface area contributed by atoms with Crippen LogP contribution in [0.15, 0.2) is 17.0 Å². The summed E-state index contributed by atoms with van der Waals surface area (Å²) in [5.74, 6) is -1.14. The lowest BCUT2D eigenvalue weighted by Gasteiger charge is -2.21. The predicted octanol–water partition coefficient (Wildman–Crippen LogP) is 2.88. The van der Waals surface area contributed by atoms with E-state index >= 15 is 0 Å². The van der Waals surface area contributed by atoms with E-state index in [2.05, 4.69) is 0 Å². The van der Waals surface area contributed by atoms with Crippen molar-refractivity contribution in [2.75, 3.05) is 6.26 Å². The molecule has 1 rings (SSSR count). The highest BCUT2D eigenvalue weighted by Gasteiger charge is 2.25. The van der Waals surface area contributed by atoms with Crippen LogP contribution in [-0.2, 0) is 5.54 Å². The molecule has 0 aliphatic heterocycles. The molecule has 0 fully saturated rings. The number of nitrogens with two attached hydrogens (primary N) is 1. The molecule has 0 aromatic heterocycles. The highest BCUT2D eigenvalue weighted by molar-refractivity contribution is 7.98. The van der Waals surface area contributed by atoms with Gasteiger partial charge in [0.15, 0.2) is 0 Å². The zero-order valence-electron chi connectivity index (χ0n) is 8.40. The lowest BCUT2D eigenvalue weighted by Crippen LogP contribution is -2.31. The minimum Gasteiger partial charge on any atom is -0.322 e. The van der Waals surface area contributed by atoms with E-state index in [1.54, 1.807) is 20.1 Å². The van der Waals surface area contributed by atoms with Crippen LogP contribution in [0.5, 0.6) is 0 Å². The van der Waals surface area contributed by atoms with E-state index in [1.807, 2.05) is 0 Å². The second kappa shape index (κ2) is 3.87. The van der Waals surface area contributed by atoms with Crippen molar-refractivity contribution in [2.24, 2.45) is 5.73 Å². The summed E-state index contributed by atoms with van der Waals surface area (Å²) in [5.41, 5.74) is 4.64. The van der Waals surface area contributed by atoms with E-state index in [0.717, 1.165) is 0 Å². The van der Waals surface area contributed by atoms with Gasteiger partial charge in [-0.3, -0.25) is 0 Å². The van der Waals surface area contributed by atoms with Crippen molar-refractivity contribution in [1.82, 2.24) is 0 Å². The van der Waals surface area contributed by atoms with Crippen molar-refractivity contribution in [3.63, 3.8) is 0 Å². The highest BCUT2D eigenvalue weighted by Crippen LogP contribution is 2.29. The van der Waals surface area contributed by atoms with Gasteiger partial charge < -0.3 is 5.73 Å². The molecule has 0 radical (unpaired) electrons. The quantitative estimate of drug-likeness (QED) is 0.771. The lowest BCUT2D eigenvalue weighted by molar-refractivity contribution is 0.450. The zero-order chi connectivity index (χ0) is 10.9. The molecule has 2 N–H and O–H groups in total. The van der Waals surface area contributed by atoms with Gasteiger partial charge in [0.1, 0.15) is 11.6 Å². The summed E-state index contributed by atoms with van der Waals surface area (Å²) in [4.78, 5) is 0.417. The Hall–Kier alpha value is -0.610. The van der Waals surface area contributed by atoms with Gasteiger partial charge in [0, 0.05) is 16.0 Å². The lowest BCUT2D eigenvalue weighted by atomic mass is 9.94. The van der Waals surface area contributed by atoms with Gasteiger partial charge in [-0.2, -0.15) is 0 Å². The molecule has 0 aliphatic carbocycles. The van der Waals surface area contributed by atoms with Gasteiger partial charge in [-0.15, -0.1) is 11.8 Å². The number of halogens is 2. The van der Waals surface area contributed by atoms with E-state index in [0.29, 0.717) is 4.90 Å². The second-order valence-electron chi connectivity index (χ2n) is 3.66. The minimum atomic E-state index is -1.00. The van der Waals surface area contributed by atoms with Crippen molar-refractivity contribution in [1.29, 1.82) is 0 Å². The molecule has 0 bridgehead atoms. The summed E-state index contributed by atoms with van der Waals surface area (Å²) in [7, 11) is 0. The van der Waals surface area contributed by atoms with E-state index in [1.165, 1.54) is 23.9 Å². The maximum atomic E-state index is 13.7. The SMILES string of the molecule is CSc1ccc(F)c(C(C)(C)N)c1F. The number of benzene rings is 1. The van der Waals surface area contributed by atoms with Gasteiger partial charge >= 0.3 is 0 Å². The molecule has 0 spiro atoms. The fourth-order valence-electron chi connectivity index (χ4n) is 1.28. The summed E-state index contributed by atoms with van der Waals surface area (Å²) < 4.78 is 27.0. The Bertz CT molecular complexity index is 345. The predicted molar refractivity (Wildman–Crippen MR) is 55.4 cm³/mol. The first-order chi connectivity index (χ1) is 6.38. The normalized spacial score (nSPS) is 11.9. The molecular weight excluding hydrogens is 204 g/mol. The Morgan fingerprint density at radius 1 is 1.29 bits per heavy atom. The van der Waals surface area contributed by atoms with E-state index in [-0.39, 0.29) is 5.56 Å². The number of rotatable bonds is 2. The van der Waals surface area contributed by atoms with Gasteiger partial charge in [0.2, 0.25) is 0 Å². The van der Waals surface area contributed by atoms with E-state index < -0.39 is 17.2 Å². The van der Waals surface area contributed by atoms with Crippen molar-refractivity contribution < 1.29 is 8.78 Å². The molecule has 0 amide bonds. The largest absolute Gasteiger partial charge is 0.322 e. The van der Waals surface area contributed by atoms with Gasteiger partial charge in [0.05, 0.1) is 0 Å². The fourth-order valence-corrected chi connectivity index (χ4v) is 1.77. The smallest absolute Gasteiger partial charge is 0.144 e. The molecule has 0 aliphatic rings. The fraction of sp³-hybridized carbons (Fsp3) is 0.400. The molecule has 0 saturated carbocycles. The summed E-state index contributed by atoms with van der Waals surface area (Å²) in [6, 6.07) is 2.67. The molecule has 0 heterocycles. The van der Waals surface area contributed by atoms with Crippen LogP contribution in [-0.4, -0.2) is 6.26 Å². The molecular formula is C10H13F2NS. The number of thioether (sulfide) groups is 1. The molecule has 1 nitrogen and oxygen atoms in total. The van der Waals surface area contributed by atoms with Crippen LogP contribution in [0, 0.1) is 11.6 Å². The van der Waals surface area contributed by atoms with Crippen LogP contribution in [0.2, 0.25) is 0 Å². The van der Waals surface area contributed by atoms with E-state index in [9.17, 15) is 8.78 Å².